The molecule has 0 atom stereocenters. The summed E-state index contributed by atoms with van der Waals surface area (Å²) in [5.41, 5.74) is 3.10. The zero-order valence-corrected chi connectivity index (χ0v) is 15.2. The van der Waals surface area contributed by atoms with Crippen LogP contribution in [0.5, 0.6) is 5.75 Å². The topological polar surface area (TPSA) is 51.4 Å². The fraction of sp³-hybridized carbons (Fsp3) is 0.333. The van der Waals surface area contributed by atoms with Crippen molar-refractivity contribution in [3.05, 3.63) is 48.5 Å². The van der Waals surface area contributed by atoms with E-state index in [1.54, 1.807) is 7.11 Å². The van der Waals surface area contributed by atoms with Gasteiger partial charge in [0.15, 0.2) is 0 Å². The van der Waals surface area contributed by atoms with Gasteiger partial charge in [0.2, 0.25) is 5.82 Å². The molecular weight excluding hydrogens is 326 g/mol. The lowest BCUT2D eigenvalue weighted by atomic mass is 9.98. The molecule has 0 unspecified atom stereocenters. The Bertz CT molecular complexity index is 848. The molecule has 1 saturated heterocycles. The second-order valence-electron chi connectivity index (χ2n) is 6.87. The molecular formula is C21H23N3O2. The fourth-order valence-corrected chi connectivity index (χ4v) is 3.28. The summed E-state index contributed by atoms with van der Waals surface area (Å²) in [7, 11) is 1.65. The minimum absolute atomic E-state index is 0.511. The third kappa shape index (κ3) is 3.43. The zero-order valence-electron chi connectivity index (χ0n) is 15.2. The number of aromatic nitrogens is 2. The molecule has 1 aromatic heterocycles. The summed E-state index contributed by atoms with van der Waals surface area (Å²) in [6, 6.07) is 16.0. The predicted octanol–water partition coefficient (Wildman–Crippen LogP) is 4.65. The van der Waals surface area contributed by atoms with Crippen molar-refractivity contribution in [1.29, 1.82) is 0 Å². The first-order valence-electron chi connectivity index (χ1n) is 9.06. The normalized spacial score (nSPS) is 15.2. The molecule has 4 rings (SSSR count). The first-order chi connectivity index (χ1) is 12.7. The van der Waals surface area contributed by atoms with Crippen molar-refractivity contribution in [3.8, 4) is 28.6 Å². The van der Waals surface area contributed by atoms with Crippen LogP contribution in [-0.4, -0.2) is 30.3 Å². The summed E-state index contributed by atoms with van der Waals surface area (Å²) >= 11 is 0. The van der Waals surface area contributed by atoms with Gasteiger partial charge in [0.05, 0.1) is 7.11 Å². The van der Waals surface area contributed by atoms with E-state index in [-0.39, 0.29) is 0 Å². The Morgan fingerprint density at radius 3 is 2.27 bits per heavy atom. The van der Waals surface area contributed by atoms with Crippen molar-refractivity contribution < 1.29 is 9.26 Å². The highest BCUT2D eigenvalue weighted by Crippen LogP contribution is 2.27. The lowest BCUT2D eigenvalue weighted by molar-refractivity contribution is 0.414. The Kier molecular flexibility index (Phi) is 4.61. The van der Waals surface area contributed by atoms with Crippen LogP contribution < -0.4 is 9.64 Å². The van der Waals surface area contributed by atoms with Crippen LogP contribution in [0.15, 0.2) is 53.1 Å². The number of methoxy groups -OCH3 is 1. The standard InChI is InChI=1S/C21H23N3O2/c1-15-11-13-24(14-12-15)18-7-3-16(4-8-18)20-22-21(26-23-20)17-5-9-19(25-2)10-6-17/h3-10,15H,11-14H2,1-2H3. The Balaban J connectivity index is 1.50. The first kappa shape index (κ1) is 16.6. The van der Waals surface area contributed by atoms with E-state index in [1.807, 2.05) is 24.3 Å². The van der Waals surface area contributed by atoms with Gasteiger partial charge in [-0.2, -0.15) is 4.98 Å². The van der Waals surface area contributed by atoms with Gasteiger partial charge in [-0.25, -0.2) is 0 Å². The summed E-state index contributed by atoms with van der Waals surface area (Å²) in [5, 5.41) is 4.13. The third-order valence-electron chi connectivity index (χ3n) is 5.04. The van der Waals surface area contributed by atoms with Crippen LogP contribution in [0.25, 0.3) is 22.8 Å². The molecule has 1 aliphatic heterocycles. The van der Waals surface area contributed by atoms with E-state index < -0.39 is 0 Å². The molecule has 0 amide bonds. The predicted molar refractivity (Wildman–Crippen MR) is 102 cm³/mol. The molecule has 5 heteroatoms. The van der Waals surface area contributed by atoms with Crippen molar-refractivity contribution >= 4 is 5.69 Å². The number of hydrogen-bond donors (Lipinski definition) is 0. The SMILES string of the molecule is COc1ccc(-c2nc(-c3ccc(N4CCC(C)CC4)cc3)no2)cc1. The Labute approximate surface area is 153 Å². The van der Waals surface area contributed by atoms with E-state index in [1.165, 1.54) is 18.5 Å². The molecule has 0 spiro atoms. The molecule has 134 valence electrons. The minimum Gasteiger partial charge on any atom is -0.497 e. The van der Waals surface area contributed by atoms with E-state index in [0.29, 0.717) is 11.7 Å². The molecule has 0 radical (unpaired) electrons. The first-order valence-corrected chi connectivity index (χ1v) is 9.06. The van der Waals surface area contributed by atoms with Crippen molar-refractivity contribution in [2.75, 3.05) is 25.1 Å². The van der Waals surface area contributed by atoms with Crippen molar-refractivity contribution in [2.45, 2.75) is 19.8 Å². The van der Waals surface area contributed by atoms with Gasteiger partial charge in [-0.15, -0.1) is 0 Å². The smallest absolute Gasteiger partial charge is 0.258 e. The molecule has 0 bridgehead atoms. The second-order valence-corrected chi connectivity index (χ2v) is 6.87. The molecule has 26 heavy (non-hydrogen) atoms. The van der Waals surface area contributed by atoms with Gasteiger partial charge in [0, 0.05) is 29.9 Å². The summed E-state index contributed by atoms with van der Waals surface area (Å²) in [6.45, 7) is 4.59. The molecule has 2 aromatic carbocycles. The van der Waals surface area contributed by atoms with Gasteiger partial charge in [0.1, 0.15) is 5.75 Å². The van der Waals surface area contributed by atoms with E-state index in [0.717, 1.165) is 35.9 Å². The molecule has 0 aliphatic carbocycles. The molecule has 1 aliphatic rings. The van der Waals surface area contributed by atoms with Crippen LogP contribution >= 0.6 is 0 Å². The van der Waals surface area contributed by atoms with Gasteiger partial charge in [-0.3, -0.25) is 0 Å². The number of ether oxygens (including phenoxy) is 1. The quantitative estimate of drug-likeness (QED) is 0.686. The lowest BCUT2D eigenvalue weighted by Crippen LogP contribution is -2.32. The molecule has 1 fully saturated rings. The number of benzene rings is 2. The van der Waals surface area contributed by atoms with Crippen LogP contribution in [0.1, 0.15) is 19.8 Å². The van der Waals surface area contributed by atoms with Crippen molar-refractivity contribution in [3.63, 3.8) is 0 Å². The summed E-state index contributed by atoms with van der Waals surface area (Å²) in [4.78, 5) is 6.97. The Morgan fingerprint density at radius 1 is 0.962 bits per heavy atom. The van der Waals surface area contributed by atoms with Crippen molar-refractivity contribution in [1.82, 2.24) is 10.1 Å². The summed E-state index contributed by atoms with van der Waals surface area (Å²) in [6.07, 6.45) is 2.52. The largest absolute Gasteiger partial charge is 0.497 e. The fourth-order valence-electron chi connectivity index (χ4n) is 3.28. The van der Waals surface area contributed by atoms with Crippen molar-refractivity contribution in [2.24, 2.45) is 5.92 Å². The van der Waals surface area contributed by atoms with Crippen LogP contribution in [0.3, 0.4) is 0 Å². The van der Waals surface area contributed by atoms with Crippen LogP contribution in [0.2, 0.25) is 0 Å². The van der Waals surface area contributed by atoms with Gasteiger partial charge < -0.3 is 14.2 Å². The summed E-state index contributed by atoms with van der Waals surface area (Å²) < 4.78 is 10.6. The van der Waals surface area contributed by atoms with Crippen LogP contribution in [0.4, 0.5) is 5.69 Å². The van der Waals surface area contributed by atoms with Gasteiger partial charge >= 0.3 is 0 Å². The minimum atomic E-state index is 0.511. The van der Waals surface area contributed by atoms with E-state index in [9.17, 15) is 0 Å². The number of hydrogen-bond acceptors (Lipinski definition) is 5. The van der Waals surface area contributed by atoms with Crippen LogP contribution in [0, 0.1) is 5.92 Å². The highest BCUT2D eigenvalue weighted by Gasteiger charge is 2.16. The molecule has 3 aromatic rings. The third-order valence-corrected chi connectivity index (χ3v) is 5.04. The van der Waals surface area contributed by atoms with Gasteiger partial charge in [-0.05, 0) is 67.3 Å². The average Bonchev–Trinajstić information content (AvgIpc) is 3.19. The van der Waals surface area contributed by atoms with Gasteiger partial charge in [0.25, 0.3) is 5.89 Å². The van der Waals surface area contributed by atoms with Gasteiger partial charge in [-0.1, -0.05) is 12.1 Å². The number of rotatable bonds is 4. The average molecular weight is 349 g/mol. The highest BCUT2D eigenvalue weighted by atomic mass is 16.5. The van der Waals surface area contributed by atoms with Crippen LogP contribution in [-0.2, 0) is 0 Å². The molecule has 0 N–H and O–H groups in total. The second kappa shape index (κ2) is 7.20. The number of piperidine rings is 1. The molecule has 0 saturated carbocycles. The number of nitrogens with zero attached hydrogens (tertiary/aromatic N) is 3. The molecule has 5 nitrogen and oxygen atoms in total. The van der Waals surface area contributed by atoms with E-state index in [4.69, 9.17) is 9.26 Å². The Hall–Kier alpha value is -2.82. The maximum atomic E-state index is 5.42. The summed E-state index contributed by atoms with van der Waals surface area (Å²) in [5.74, 6) is 2.75. The maximum Gasteiger partial charge on any atom is 0.258 e. The zero-order chi connectivity index (χ0) is 17.9. The van der Waals surface area contributed by atoms with E-state index in [2.05, 4.69) is 46.2 Å². The van der Waals surface area contributed by atoms with E-state index >= 15 is 0 Å². The maximum absolute atomic E-state index is 5.42. The highest BCUT2D eigenvalue weighted by molar-refractivity contribution is 5.63. The number of anilines is 1. The lowest BCUT2D eigenvalue weighted by Gasteiger charge is -2.32. The monoisotopic (exact) mass is 349 g/mol. The molecule has 2 heterocycles. The Morgan fingerprint density at radius 2 is 1.62 bits per heavy atom.